The summed E-state index contributed by atoms with van der Waals surface area (Å²) in [4.78, 5) is 0. The molecule has 0 aromatic carbocycles. The van der Waals surface area contributed by atoms with Gasteiger partial charge in [-0.05, 0) is 48.9 Å². The summed E-state index contributed by atoms with van der Waals surface area (Å²) in [5.74, 6) is 5.26. The first-order valence-corrected chi connectivity index (χ1v) is 7.24. The van der Waals surface area contributed by atoms with Crippen LogP contribution in [-0.4, -0.2) is 0 Å². The van der Waals surface area contributed by atoms with Gasteiger partial charge in [0.15, 0.2) is 0 Å². The van der Waals surface area contributed by atoms with Crippen LogP contribution in [0.25, 0.3) is 0 Å². The normalized spacial score (nSPS) is 42.6. The molecule has 0 aromatic heterocycles. The van der Waals surface area contributed by atoms with Crippen molar-refractivity contribution >= 4 is 0 Å². The average Bonchev–Trinajstić information content (AvgIpc) is 2.67. The maximum Gasteiger partial charge on any atom is -0.0357 e. The van der Waals surface area contributed by atoms with Gasteiger partial charge in [-0.15, -0.1) is 0 Å². The zero-order chi connectivity index (χ0) is 10.8. The SMILES string of the molecule is CCCC(C)C1CCC2CCCC2C1C. The van der Waals surface area contributed by atoms with Gasteiger partial charge < -0.3 is 0 Å². The first-order chi connectivity index (χ1) is 7.24. The lowest BCUT2D eigenvalue weighted by Gasteiger charge is -2.41. The van der Waals surface area contributed by atoms with Gasteiger partial charge in [0.1, 0.15) is 0 Å². The van der Waals surface area contributed by atoms with Crippen molar-refractivity contribution in [3.05, 3.63) is 0 Å². The van der Waals surface area contributed by atoms with E-state index in [-0.39, 0.29) is 0 Å². The van der Waals surface area contributed by atoms with Crippen molar-refractivity contribution in [1.82, 2.24) is 0 Å². The van der Waals surface area contributed by atoms with Crippen LogP contribution >= 0.6 is 0 Å². The summed E-state index contributed by atoms with van der Waals surface area (Å²) in [5.41, 5.74) is 0. The number of hydrogen-bond acceptors (Lipinski definition) is 0. The van der Waals surface area contributed by atoms with Gasteiger partial charge in [0.2, 0.25) is 0 Å². The summed E-state index contributed by atoms with van der Waals surface area (Å²) < 4.78 is 0. The number of rotatable bonds is 3. The molecule has 0 bridgehead atoms. The van der Waals surface area contributed by atoms with Crippen molar-refractivity contribution < 1.29 is 0 Å². The third-order valence-corrected chi connectivity index (χ3v) is 5.41. The van der Waals surface area contributed by atoms with E-state index >= 15 is 0 Å². The Morgan fingerprint density at radius 3 is 2.67 bits per heavy atom. The maximum atomic E-state index is 2.55. The molecule has 2 aliphatic rings. The van der Waals surface area contributed by atoms with Gasteiger partial charge in [0, 0.05) is 0 Å². The molecule has 2 rings (SSSR count). The topological polar surface area (TPSA) is 0 Å². The zero-order valence-corrected chi connectivity index (χ0v) is 10.8. The van der Waals surface area contributed by atoms with Crippen LogP contribution in [0.15, 0.2) is 0 Å². The van der Waals surface area contributed by atoms with Crippen LogP contribution in [0.5, 0.6) is 0 Å². The van der Waals surface area contributed by atoms with Crippen LogP contribution in [0, 0.1) is 29.6 Å². The molecular formula is C15H28. The maximum absolute atomic E-state index is 2.55. The second-order valence-electron chi connectivity index (χ2n) is 6.22. The lowest BCUT2D eigenvalue weighted by atomic mass is 9.64. The lowest BCUT2D eigenvalue weighted by molar-refractivity contribution is 0.0840. The third kappa shape index (κ3) is 2.24. The highest BCUT2D eigenvalue weighted by atomic mass is 14.5. The minimum absolute atomic E-state index is 0.978. The second-order valence-corrected chi connectivity index (χ2v) is 6.22. The van der Waals surface area contributed by atoms with E-state index in [1.807, 2.05) is 0 Å². The molecule has 0 radical (unpaired) electrons. The van der Waals surface area contributed by atoms with Gasteiger partial charge in [0.25, 0.3) is 0 Å². The minimum Gasteiger partial charge on any atom is -0.0654 e. The van der Waals surface area contributed by atoms with Crippen LogP contribution in [-0.2, 0) is 0 Å². The molecule has 0 aliphatic heterocycles. The minimum atomic E-state index is 0.978. The molecule has 0 aromatic rings. The predicted molar refractivity (Wildman–Crippen MR) is 66.8 cm³/mol. The van der Waals surface area contributed by atoms with Gasteiger partial charge >= 0.3 is 0 Å². The summed E-state index contributed by atoms with van der Waals surface area (Å²) in [6, 6.07) is 0. The molecule has 0 spiro atoms. The molecule has 0 heterocycles. The zero-order valence-electron chi connectivity index (χ0n) is 10.8. The van der Waals surface area contributed by atoms with E-state index < -0.39 is 0 Å². The average molecular weight is 208 g/mol. The molecular weight excluding hydrogens is 180 g/mol. The van der Waals surface area contributed by atoms with Crippen molar-refractivity contribution in [2.75, 3.05) is 0 Å². The quantitative estimate of drug-likeness (QED) is 0.620. The van der Waals surface area contributed by atoms with E-state index in [9.17, 15) is 0 Å². The summed E-state index contributed by atoms with van der Waals surface area (Å²) >= 11 is 0. The van der Waals surface area contributed by atoms with Gasteiger partial charge in [-0.3, -0.25) is 0 Å². The smallest absolute Gasteiger partial charge is 0.0357 e. The Bertz CT molecular complexity index is 196. The van der Waals surface area contributed by atoms with Crippen LogP contribution < -0.4 is 0 Å². The number of hydrogen-bond donors (Lipinski definition) is 0. The highest BCUT2D eigenvalue weighted by Gasteiger charge is 2.40. The fourth-order valence-electron chi connectivity index (χ4n) is 4.58. The summed E-state index contributed by atoms with van der Waals surface area (Å²) in [6.45, 7) is 7.39. The molecule has 0 nitrogen and oxygen atoms in total. The first-order valence-electron chi connectivity index (χ1n) is 7.24. The number of fused-ring (bicyclic) bond motifs is 1. The van der Waals surface area contributed by atoms with Crippen LogP contribution in [0.2, 0.25) is 0 Å². The molecule has 2 fully saturated rings. The molecule has 0 heteroatoms. The molecule has 88 valence electrons. The van der Waals surface area contributed by atoms with E-state index in [1.54, 1.807) is 19.3 Å². The van der Waals surface area contributed by atoms with Crippen LogP contribution in [0.3, 0.4) is 0 Å². The van der Waals surface area contributed by atoms with Gasteiger partial charge in [0.05, 0.1) is 0 Å². The van der Waals surface area contributed by atoms with E-state index in [0.717, 1.165) is 29.6 Å². The Kier molecular flexibility index (Phi) is 3.74. The van der Waals surface area contributed by atoms with Crippen molar-refractivity contribution in [1.29, 1.82) is 0 Å². The molecule has 5 atom stereocenters. The Morgan fingerprint density at radius 1 is 1.13 bits per heavy atom. The van der Waals surface area contributed by atoms with Gasteiger partial charge in [-0.2, -0.15) is 0 Å². The molecule has 5 unspecified atom stereocenters. The van der Waals surface area contributed by atoms with Gasteiger partial charge in [-0.25, -0.2) is 0 Å². The summed E-state index contributed by atoms with van der Waals surface area (Å²) in [7, 11) is 0. The molecule has 0 saturated heterocycles. The molecule has 0 amide bonds. The standard InChI is InChI=1S/C15H28/c1-4-6-11(2)14-10-9-13-7-5-8-15(13)12(14)3/h11-15H,4-10H2,1-3H3. The largest absolute Gasteiger partial charge is 0.0654 e. The fourth-order valence-corrected chi connectivity index (χ4v) is 4.58. The van der Waals surface area contributed by atoms with E-state index in [1.165, 1.54) is 25.7 Å². The predicted octanol–water partition coefficient (Wildman–Crippen LogP) is 4.89. The molecule has 2 saturated carbocycles. The fraction of sp³-hybridized carbons (Fsp3) is 1.00. The molecule has 2 aliphatic carbocycles. The Hall–Kier alpha value is 0. The van der Waals surface area contributed by atoms with Crippen molar-refractivity contribution in [3.8, 4) is 0 Å². The van der Waals surface area contributed by atoms with E-state index in [2.05, 4.69) is 20.8 Å². The highest BCUT2D eigenvalue weighted by molar-refractivity contribution is 4.90. The highest BCUT2D eigenvalue weighted by Crippen LogP contribution is 2.50. The van der Waals surface area contributed by atoms with Crippen LogP contribution in [0.4, 0.5) is 0 Å². The Morgan fingerprint density at radius 2 is 1.93 bits per heavy atom. The van der Waals surface area contributed by atoms with Crippen LogP contribution in [0.1, 0.15) is 65.7 Å². The second kappa shape index (κ2) is 4.89. The van der Waals surface area contributed by atoms with E-state index in [4.69, 9.17) is 0 Å². The Labute approximate surface area is 95.8 Å². The molecule has 0 N–H and O–H groups in total. The monoisotopic (exact) mass is 208 g/mol. The van der Waals surface area contributed by atoms with Crippen molar-refractivity contribution in [2.45, 2.75) is 65.7 Å². The Balaban J connectivity index is 1.96. The first kappa shape index (κ1) is 11.5. The van der Waals surface area contributed by atoms with E-state index in [0.29, 0.717) is 0 Å². The third-order valence-electron chi connectivity index (χ3n) is 5.41. The van der Waals surface area contributed by atoms with Gasteiger partial charge in [-0.1, -0.05) is 46.5 Å². The summed E-state index contributed by atoms with van der Waals surface area (Å²) in [5, 5.41) is 0. The van der Waals surface area contributed by atoms with Crippen molar-refractivity contribution in [3.63, 3.8) is 0 Å². The lowest BCUT2D eigenvalue weighted by Crippen LogP contribution is -2.33. The summed E-state index contributed by atoms with van der Waals surface area (Å²) in [6.07, 6.45) is 10.5. The van der Waals surface area contributed by atoms with Crippen molar-refractivity contribution in [2.24, 2.45) is 29.6 Å². The molecule has 15 heavy (non-hydrogen) atoms.